The Morgan fingerprint density at radius 3 is 2.69 bits per heavy atom. The summed E-state index contributed by atoms with van der Waals surface area (Å²) in [5.74, 6) is -0.0935. The molecule has 0 aliphatic heterocycles. The lowest BCUT2D eigenvalue weighted by Gasteiger charge is -2.05. The third kappa shape index (κ3) is 3.02. The molecule has 0 unspecified atom stereocenters. The smallest absolute Gasteiger partial charge is 0.244 e. The van der Waals surface area contributed by atoms with E-state index in [2.05, 4.69) is 15.5 Å². The first-order chi connectivity index (χ1) is 12.7. The summed E-state index contributed by atoms with van der Waals surface area (Å²) in [6.07, 6.45) is 3.54. The molecule has 3 aromatic carbocycles. The fourth-order valence-corrected chi connectivity index (χ4v) is 3.08. The van der Waals surface area contributed by atoms with Gasteiger partial charge < -0.3 is 10.1 Å². The summed E-state index contributed by atoms with van der Waals surface area (Å²) in [7, 11) is 0. The average Bonchev–Trinajstić information content (AvgIpc) is 3.06. The van der Waals surface area contributed by atoms with Gasteiger partial charge in [-0.3, -0.25) is 4.79 Å². The first-order valence-corrected chi connectivity index (χ1v) is 8.30. The summed E-state index contributed by atoms with van der Waals surface area (Å²) in [6, 6.07) is 19.0. The Morgan fingerprint density at radius 1 is 1.04 bits per heavy atom. The lowest BCUT2D eigenvalue weighted by molar-refractivity contribution is -0.120. The molecule has 4 rings (SSSR count). The quantitative estimate of drug-likeness (QED) is 0.390. The van der Waals surface area contributed by atoms with Gasteiger partial charge in [0.2, 0.25) is 5.91 Å². The number of H-pyrrole nitrogens is 1. The standard InChI is InChI=1S/C21H17N3O2/c25-20-10-9-14-5-1-2-6-16(14)18(20)13-23-24-21(26)11-15-12-22-19-8-4-3-7-17(15)19/h1-10,12-13,22,25H,11H2,(H,24,26)/b23-13-. The Morgan fingerprint density at radius 2 is 1.81 bits per heavy atom. The molecule has 0 fully saturated rings. The van der Waals surface area contributed by atoms with E-state index in [1.807, 2.05) is 60.8 Å². The molecule has 4 aromatic rings. The highest BCUT2D eigenvalue weighted by molar-refractivity contribution is 6.02. The highest BCUT2D eigenvalue weighted by Crippen LogP contribution is 2.25. The molecule has 0 spiro atoms. The zero-order valence-corrected chi connectivity index (χ0v) is 13.9. The van der Waals surface area contributed by atoms with E-state index in [0.717, 1.165) is 27.2 Å². The topological polar surface area (TPSA) is 77.5 Å². The molecule has 0 aliphatic rings. The molecule has 1 aromatic heterocycles. The minimum absolute atomic E-state index is 0.123. The highest BCUT2D eigenvalue weighted by Gasteiger charge is 2.08. The van der Waals surface area contributed by atoms with Crippen LogP contribution in [0.15, 0.2) is 72.0 Å². The van der Waals surface area contributed by atoms with E-state index < -0.39 is 0 Å². The molecule has 1 amide bonds. The van der Waals surface area contributed by atoms with Crippen LogP contribution in [0.5, 0.6) is 5.75 Å². The molecule has 5 heteroatoms. The van der Waals surface area contributed by atoms with Crippen LogP contribution in [-0.2, 0) is 11.2 Å². The maximum absolute atomic E-state index is 12.2. The van der Waals surface area contributed by atoms with Gasteiger partial charge in [0.15, 0.2) is 0 Å². The fraction of sp³-hybridized carbons (Fsp3) is 0.0476. The maximum Gasteiger partial charge on any atom is 0.244 e. The molecule has 0 radical (unpaired) electrons. The van der Waals surface area contributed by atoms with Gasteiger partial charge in [0.25, 0.3) is 0 Å². The number of aromatic amines is 1. The first-order valence-electron chi connectivity index (χ1n) is 8.30. The second kappa shape index (κ2) is 6.72. The number of fused-ring (bicyclic) bond motifs is 2. The molecule has 5 nitrogen and oxygen atoms in total. The Bertz CT molecular complexity index is 1130. The summed E-state index contributed by atoms with van der Waals surface area (Å²) in [6.45, 7) is 0. The lowest BCUT2D eigenvalue weighted by atomic mass is 10.0. The SMILES string of the molecule is O=C(Cc1c[nH]c2ccccc12)N/N=C\c1c(O)ccc2ccccc12. The first kappa shape index (κ1) is 15.9. The lowest BCUT2D eigenvalue weighted by Crippen LogP contribution is -2.19. The van der Waals surface area contributed by atoms with Crippen molar-refractivity contribution in [1.82, 2.24) is 10.4 Å². The zero-order chi connectivity index (χ0) is 17.9. The molecule has 1 heterocycles. The summed E-state index contributed by atoms with van der Waals surface area (Å²) in [5, 5.41) is 17.0. The van der Waals surface area contributed by atoms with Crippen molar-refractivity contribution in [2.24, 2.45) is 5.10 Å². The molecule has 0 atom stereocenters. The summed E-state index contributed by atoms with van der Waals surface area (Å²) in [4.78, 5) is 15.3. The average molecular weight is 343 g/mol. The number of rotatable bonds is 4. The van der Waals surface area contributed by atoms with Crippen LogP contribution in [0.3, 0.4) is 0 Å². The molecule has 3 N–H and O–H groups in total. The summed E-state index contributed by atoms with van der Waals surface area (Å²) >= 11 is 0. The van der Waals surface area contributed by atoms with Crippen molar-refractivity contribution < 1.29 is 9.90 Å². The van der Waals surface area contributed by atoms with Crippen LogP contribution in [0.1, 0.15) is 11.1 Å². The van der Waals surface area contributed by atoms with E-state index in [4.69, 9.17) is 0 Å². The van der Waals surface area contributed by atoms with Crippen molar-refractivity contribution >= 4 is 33.8 Å². The van der Waals surface area contributed by atoms with E-state index in [0.29, 0.717) is 5.56 Å². The third-order valence-corrected chi connectivity index (χ3v) is 4.36. The molecule has 26 heavy (non-hydrogen) atoms. The van der Waals surface area contributed by atoms with E-state index in [1.54, 1.807) is 6.07 Å². The Labute approximate surface area is 150 Å². The van der Waals surface area contributed by atoms with Gasteiger partial charge in [0, 0.05) is 22.7 Å². The monoisotopic (exact) mass is 343 g/mol. The van der Waals surface area contributed by atoms with E-state index in [1.165, 1.54) is 6.21 Å². The van der Waals surface area contributed by atoms with Crippen LogP contribution in [0.25, 0.3) is 21.7 Å². The van der Waals surface area contributed by atoms with Gasteiger partial charge in [-0.1, -0.05) is 48.5 Å². The maximum atomic E-state index is 12.2. The number of benzene rings is 3. The zero-order valence-electron chi connectivity index (χ0n) is 13.9. The Kier molecular flexibility index (Phi) is 4.11. The van der Waals surface area contributed by atoms with Crippen molar-refractivity contribution in [3.8, 4) is 5.75 Å². The number of para-hydroxylation sites is 1. The minimum Gasteiger partial charge on any atom is -0.507 e. The van der Waals surface area contributed by atoms with Gasteiger partial charge in [-0.05, 0) is 28.5 Å². The number of nitrogens with one attached hydrogen (secondary N) is 2. The predicted octanol–water partition coefficient (Wildman–Crippen LogP) is 3.72. The number of carbonyl (C=O) groups is 1. The van der Waals surface area contributed by atoms with Crippen molar-refractivity contribution in [3.05, 3.63) is 78.0 Å². The van der Waals surface area contributed by atoms with Gasteiger partial charge in [-0.15, -0.1) is 0 Å². The van der Waals surface area contributed by atoms with E-state index >= 15 is 0 Å². The minimum atomic E-state index is -0.217. The second-order valence-electron chi connectivity index (χ2n) is 6.05. The normalized spacial score (nSPS) is 11.4. The molecule has 0 saturated heterocycles. The number of carbonyl (C=O) groups excluding carboxylic acids is 1. The summed E-state index contributed by atoms with van der Waals surface area (Å²) < 4.78 is 0. The molecular formula is C21H17N3O2. The van der Waals surface area contributed by atoms with Crippen molar-refractivity contribution in [2.45, 2.75) is 6.42 Å². The number of nitrogens with zero attached hydrogens (tertiary/aromatic N) is 1. The van der Waals surface area contributed by atoms with Gasteiger partial charge >= 0.3 is 0 Å². The number of hydrogen-bond acceptors (Lipinski definition) is 3. The van der Waals surface area contributed by atoms with Gasteiger partial charge in [0.05, 0.1) is 12.6 Å². The number of aromatic hydroxyl groups is 1. The predicted molar refractivity (Wildman–Crippen MR) is 103 cm³/mol. The molecule has 128 valence electrons. The van der Waals surface area contributed by atoms with Crippen molar-refractivity contribution in [1.29, 1.82) is 0 Å². The number of phenols is 1. The van der Waals surface area contributed by atoms with Gasteiger partial charge in [0.1, 0.15) is 5.75 Å². The molecule has 0 bridgehead atoms. The number of amides is 1. The Hall–Kier alpha value is -3.60. The van der Waals surface area contributed by atoms with Crippen molar-refractivity contribution in [3.63, 3.8) is 0 Å². The number of hydrogen-bond donors (Lipinski definition) is 3. The largest absolute Gasteiger partial charge is 0.507 e. The van der Waals surface area contributed by atoms with Crippen LogP contribution in [0.2, 0.25) is 0 Å². The number of aromatic nitrogens is 1. The molecule has 0 saturated carbocycles. The van der Waals surface area contributed by atoms with Crippen LogP contribution in [0.4, 0.5) is 0 Å². The highest BCUT2D eigenvalue weighted by atomic mass is 16.3. The van der Waals surface area contributed by atoms with E-state index in [-0.39, 0.29) is 18.1 Å². The van der Waals surface area contributed by atoms with Crippen LogP contribution in [0, 0.1) is 0 Å². The second-order valence-corrected chi connectivity index (χ2v) is 6.05. The fourth-order valence-electron chi connectivity index (χ4n) is 3.08. The van der Waals surface area contributed by atoms with Crippen LogP contribution >= 0.6 is 0 Å². The van der Waals surface area contributed by atoms with Crippen LogP contribution < -0.4 is 5.43 Å². The number of hydrazone groups is 1. The van der Waals surface area contributed by atoms with Gasteiger partial charge in [-0.2, -0.15) is 5.10 Å². The molecular weight excluding hydrogens is 326 g/mol. The van der Waals surface area contributed by atoms with Crippen LogP contribution in [-0.4, -0.2) is 22.2 Å². The van der Waals surface area contributed by atoms with E-state index in [9.17, 15) is 9.90 Å². The summed E-state index contributed by atoms with van der Waals surface area (Å²) in [5.41, 5.74) is 5.03. The Balaban J connectivity index is 1.50. The number of phenolic OH excluding ortho intramolecular Hbond substituents is 1. The third-order valence-electron chi connectivity index (χ3n) is 4.36. The molecule has 0 aliphatic carbocycles. The van der Waals surface area contributed by atoms with Gasteiger partial charge in [-0.25, -0.2) is 5.43 Å². The van der Waals surface area contributed by atoms with Crippen molar-refractivity contribution in [2.75, 3.05) is 0 Å².